The van der Waals surface area contributed by atoms with Crippen molar-refractivity contribution in [1.29, 1.82) is 5.26 Å². The van der Waals surface area contributed by atoms with Crippen molar-refractivity contribution < 1.29 is 0 Å². The van der Waals surface area contributed by atoms with Gasteiger partial charge in [0.1, 0.15) is 4.83 Å². The lowest BCUT2D eigenvalue weighted by Gasteiger charge is -2.01. The molecule has 1 unspecified atom stereocenters. The van der Waals surface area contributed by atoms with Crippen LogP contribution in [-0.4, -0.2) is 0 Å². The lowest BCUT2D eigenvalue weighted by atomic mass is 10.2. The quantitative estimate of drug-likeness (QED) is 0.679. The smallest absolute Gasteiger partial charge is 0.128 e. The molecule has 0 amide bonds. The van der Waals surface area contributed by atoms with Crippen LogP contribution in [-0.2, 0) is 0 Å². The SMILES string of the molecule is N#CC(Br)c1ccccc1Cl. The molecule has 0 heterocycles. The summed E-state index contributed by atoms with van der Waals surface area (Å²) in [6.07, 6.45) is 0. The van der Waals surface area contributed by atoms with E-state index in [0.717, 1.165) is 5.56 Å². The third-order valence-corrected chi connectivity index (χ3v) is 2.33. The highest BCUT2D eigenvalue weighted by atomic mass is 79.9. The van der Waals surface area contributed by atoms with Gasteiger partial charge in [-0.25, -0.2) is 0 Å². The molecular weight excluding hydrogens is 225 g/mol. The molecule has 0 fully saturated rings. The Hall–Kier alpha value is -0.520. The summed E-state index contributed by atoms with van der Waals surface area (Å²) >= 11 is 9.01. The van der Waals surface area contributed by atoms with Gasteiger partial charge in [0.15, 0.2) is 0 Å². The van der Waals surface area contributed by atoms with E-state index in [4.69, 9.17) is 16.9 Å². The van der Waals surface area contributed by atoms with Crippen molar-refractivity contribution >= 4 is 27.5 Å². The van der Waals surface area contributed by atoms with Gasteiger partial charge in [0.25, 0.3) is 0 Å². The summed E-state index contributed by atoms with van der Waals surface area (Å²) in [6, 6.07) is 9.34. The molecule has 1 rings (SSSR count). The van der Waals surface area contributed by atoms with Crippen LogP contribution in [0, 0.1) is 11.3 Å². The van der Waals surface area contributed by atoms with Crippen LogP contribution >= 0.6 is 27.5 Å². The minimum Gasteiger partial charge on any atom is -0.197 e. The monoisotopic (exact) mass is 229 g/mol. The minimum atomic E-state index is -0.309. The Morgan fingerprint density at radius 1 is 1.45 bits per heavy atom. The summed E-state index contributed by atoms with van der Waals surface area (Å²) in [4.78, 5) is -0.309. The van der Waals surface area contributed by atoms with Crippen LogP contribution in [0.15, 0.2) is 24.3 Å². The molecule has 0 radical (unpaired) electrons. The maximum Gasteiger partial charge on any atom is 0.128 e. The van der Waals surface area contributed by atoms with Crippen LogP contribution in [0.5, 0.6) is 0 Å². The first-order chi connectivity index (χ1) is 5.25. The second-order valence-corrected chi connectivity index (χ2v) is 3.34. The Kier molecular flexibility index (Phi) is 2.92. The van der Waals surface area contributed by atoms with Gasteiger partial charge in [-0.05, 0) is 11.6 Å². The largest absolute Gasteiger partial charge is 0.197 e. The molecule has 0 aromatic heterocycles. The number of halogens is 2. The molecule has 0 spiro atoms. The summed E-state index contributed by atoms with van der Waals surface area (Å²) in [7, 11) is 0. The van der Waals surface area contributed by atoms with Gasteiger partial charge in [-0.1, -0.05) is 45.7 Å². The zero-order valence-corrected chi connectivity index (χ0v) is 7.93. The van der Waals surface area contributed by atoms with Crippen LogP contribution in [0.2, 0.25) is 5.02 Å². The fourth-order valence-corrected chi connectivity index (χ4v) is 1.53. The first-order valence-corrected chi connectivity index (χ1v) is 4.33. The van der Waals surface area contributed by atoms with Crippen LogP contribution in [0.25, 0.3) is 0 Å². The molecule has 0 bridgehead atoms. The second-order valence-electron chi connectivity index (χ2n) is 2.01. The zero-order valence-electron chi connectivity index (χ0n) is 5.59. The fourth-order valence-electron chi connectivity index (χ4n) is 0.750. The highest BCUT2D eigenvalue weighted by molar-refractivity contribution is 9.09. The number of hydrogen-bond donors (Lipinski definition) is 0. The summed E-state index contributed by atoms with van der Waals surface area (Å²) in [5.41, 5.74) is 0.816. The molecule has 0 aliphatic carbocycles. The predicted octanol–water partition coefficient (Wildman–Crippen LogP) is 3.30. The van der Waals surface area contributed by atoms with Gasteiger partial charge in [-0.3, -0.25) is 0 Å². The van der Waals surface area contributed by atoms with Crippen molar-refractivity contribution in [2.45, 2.75) is 4.83 Å². The van der Waals surface area contributed by atoms with E-state index in [9.17, 15) is 0 Å². The summed E-state index contributed by atoms with van der Waals surface area (Å²) in [5.74, 6) is 0. The average Bonchev–Trinajstić information content (AvgIpc) is 2.04. The molecule has 0 saturated carbocycles. The lowest BCUT2D eigenvalue weighted by Crippen LogP contribution is -1.85. The molecular formula is C8H5BrClN. The highest BCUT2D eigenvalue weighted by Crippen LogP contribution is 2.27. The first kappa shape index (κ1) is 8.58. The van der Waals surface area contributed by atoms with Gasteiger partial charge in [-0.15, -0.1) is 0 Å². The summed E-state index contributed by atoms with van der Waals surface area (Å²) in [6.45, 7) is 0. The van der Waals surface area contributed by atoms with E-state index in [-0.39, 0.29) is 4.83 Å². The molecule has 11 heavy (non-hydrogen) atoms. The van der Waals surface area contributed by atoms with Gasteiger partial charge in [-0.2, -0.15) is 5.26 Å². The second kappa shape index (κ2) is 3.75. The number of benzene rings is 1. The van der Waals surface area contributed by atoms with Crippen molar-refractivity contribution in [2.75, 3.05) is 0 Å². The molecule has 1 aromatic rings. The molecule has 56 valence electrons. The lowest BCUT2D eigenvalue weighted by molar-refractivity contribution is 1.25. The van der Waals surface area contributed by atoms with Gasteiger partial charge in [0.2, 0.25) is 0 Å². The number of nitriles is 1. The van der Waals surface area contributed by atoms with E-state index in [1.54, 1.807) is 6.07 Å². The van der Waals surface area contributed by atoms with Gasteiger partial charge in [0.05, 0.1) is 6.07 Å². The van der Waals surface area contributed by atoms with E-state index >= 15 is 0 Å². The number of alkyl halides is 1. The fraction of sp³-hybridized carbons (Fsp3) is 0.125. The third kappa shape index (κ3) is 1.95. The van der Waals surface area contributed by atoms with Crippen molar-refractivity contribution in [3.63, 3.8) is 0 Å². The number of rotatable bonds is 1. The predicted molar refractivity (Wildman–Crippen MR) is 48.7 cm³/mol. The van der Waals surface area contributed by atoms with Gasteiger partial charge in [0, 0.05) is 5.02 Å². The van der Waals surface area contributed by atoms with Crippen LogP contribution in [0.1, 0.15) is 10.4 Å². The van der Waals surface area contributed by atoms with Crippen molar-refractivity contribution in [3.05, 3.63) is 34.9 Å². The maximum absolute atomic E-state index is 8.56. The Bertz CT molecular complexity index is 292. The molecule has 0 aliphatic heterocycles. The zero-order chi connectivity index (χ0) is 8.27. The Morgan fingerprint density at radius 3 is 2.64 bits per heavy atom. The van der Waals surface area contributed by atoms with E-state index in [2.05, 4.69) is 22.0 Å². The normalized spacial score (nSPS) is 12.1. The first-order valence-electron chi connectivity index (χ1n) is 3.04. The van der Waals surface area contributed by atoms with Crippen LogP contribution in [0.4, 0.5) is 0 Å². The Labute approximate surface area is 78.7 Å². The van der Waals surface area contributed by atoms with Crippen LogP contribution in [0.3, 0.4) is 0 Å². The van der Waals surface area contributed by atoms with Crippen molar-refractivity contribution in [2.24, 2.45) is 0 Å². The molecule has 1 atom stereocenters. The molecule has 0 saturated heterocycles. The number of nitrogens with zero attached hydrogens (tertiary/aromatic N) is 1. The Balaban J connectivity index is 3.05. The average molecular weight is 230 g/mol. The summed E-state index contributed by atoms with van der Waals surface area (Å²) < 4.78 is 0. The molecule has 0 aliphatic rings. The van der Waals surface area contributed by atoms with Crippen LogP contribution < -0.4 is 0 Å². The van der Waals surface area contributed by atoms with E-state index in [0.29, 0.717) is 5.02 Å². The standard InChI is InChI=1S/C8H5BrClN/c9-7(5-11)6-3-1-2-4-8(6)10/h1-4,7H. The Morgan fingerprint density at radius 2 is 2.09 bits per heavy atom. The van der Waals surface area contributed by atoms with E-state index in [1.807, 2.05) is 18.2 Å². The van der Waals surface area contributed by atoms with E-state index in [1.165, 1.54) is 0 Å². The van der Waals surface area contributed by atoms with Crippen molar-refractivity contribution in [3.8, 4) is 6.07 Å². The highest BCUT2D eigenvalue weighted by Gasteiger charge is 2.07. The van der Waals surface area contributed by atoms with Gasteiger partial charge < -0.3 is 0 Å². The minimum absolute atomic E-state index is 0.309. The van der Waals surface area contributed by atoms with E-state index < -0.39 is 0 Å². The summed E-state index contributed by atoms with van der Waals surface area (Å²) in [5, 5.41) is 9.18. The van der Waals surface area contributed by atoms with Gasteiger partial charge >= 0.3 is 0 Å². The maximum atomic E-state index is 8.56. The molecule has 1 aromatic carbocycles. The number of hydrogen-bond acceptors (Lipinski definition) is 1. The molecule has 0 N–H and O–H groups in total. The topological polar surface area (TPSA) is 23.8 Å². The molecule has 1 nitrogen and oxygen atoms in total. The molecule has 3 heteroatoms. The van der Waals surface area contributed by atoms with Crippen molar-refractivity contribution in [1.82, 2.24) is 0 Å². The third-order valence-electron chi connectivity index (χ3n) is 1.29.